The van der Waals surface area contributed by atoms with Crippen LogP contribution in [0.25, 0.3) is 10.9 Å². The van der Waals surface area contributed by atoms with Gasteiger partial charge in [-0.25, -0.2) is 13.4 Å². The van der Waals surface area contributed by atoms with E-state index in [0.717, 1.165) is 35.1 Å². The van der Waals surface area contributed by atoms with Gasteiger partial charge in [0, 0.05) is 42.9 Å². The highest BCUT2D eigenvalue weighted by Gasteiger charge is 2.28. The molecule has 2 aromatic carbocycles. The summed E-state index contributed by atoms with van der Waals surface area (Å²) in [6.45, 7) is 5.41. The highest BCUT2D eigenvalue weighted by Crippen LogP contribution is 2.22. The number of sulfonamides is 1. The first-order chi connectivity index (χ1) is 18.0. The van der Waals surface area contributed by atoms with Crippen LogP contribution in [-0.2, 0) is 27.8 Å². The van der Waals surface area contributed by atoms with Gasteiger partial charge in [0.15, 0.2) is 0 Å². The lowest BCUT2D eigenvalue weighted by atomic mass is 10.1. The molecule has 11 nitrogen and oxygen atoms in total. The molecular formula is C26H30N6O5S. The Labute approximate surface area is 220 Å². The molecule has 4 rings (SSSR count). The van der Waals surface area contributed by atoms with Crippen molar-refractivity contribution in [3.8, 4) is 0 Å². The fourth-order valence-corrected chi connectivity index (χ4v) is 6.19. The highest BCUT2D eigenvalue weighted by atomic mass is 32.2. The number of carbonyl (C=O) groups is 2. The van der Waals surface area contributed by atoms with E-state index in [2.05, 4.69) is 25.1 Å². The van der Waals surface area contributed by atoms with Crippen LogP contribution in [0.2, 0.25) is 0 Å². The van der Waals surface area contributed by atoms with Crippen LogP contribution in [0.15, 0.2) is 53.8 Å². The Bertz CT molecular complexity index is 1550. The number of fused-ring (bicyclic) bond motifs is 1. The molecule has 12 heteroatoms. The maximum absolute atomic E-state index is 13.0. The molecule has 2 aromatic heterocycles. The molecule has 1 unspecified atom stereocenters. The first-order valence-corrected chi connectivity index (χ1v) is 13.6. The van der Waals surface area contributed by atoms with E-state index < -0.39 is 34.5 Å². The number of hydrogen-bond acceptors (Lipinski definition) is 6. The first-order valence-electron chi connectivity index (χ1n) is 12.1. The molecule has 0 saturated carbocycles. The summed E-state index contributed by atoms with van der Waals surface area (Å²) in [6, 6.07) is 6.96. The molecular weight excluding hydrogens is 508 g/mol. The number of hydrogen-bond donors (Lipinski definition) is 4. The fourth-order valence-electron chi connectivity index (χ4n) is 4.55. The van der Waals surface area contributed by atoms with Gasteiger partial charge in [0.1, 0.15) is 11.9 Å². The molecule has 0 aliphatic carbocycles. The minimum atomic E-state index is -4.14. The van der Waals surface area contributed by atoms with Gasteiger partial charge >= 0.3 is 5.97 Å². The van der Waals surface area contributed by atoms with Gasteiger partial charge in [0.25, 0.3) is 5.91 Å². The van der Waals surface area contributed by atoms with Gasteiger partial charge in [-0.05, 0) is 56.5 Å². The molecule has 0 fully saturated rings. The van der Waals surface area contributed by atoms with E-state index in [4.69, 9.17) is 0 Å². The van der Waals surface area contributed by atoms with E-state index in [1.54, 1.807) is 62.8 Å². The molecule has 1 amide bonds. The third-order valence-electron chi connectivity index (χ3n) is 6.18. The maximum atomic E-state index is 13.0. The topological polar surface area (TPSA) is 159 Å². The average molecular weight is 539 g/mol. The predicted octanol–water partition coefficient (Wildman–Crippen LogP) is 2.48. The van der Waals surface area contributed by atoms with Crippen molar-refractivity contribution in [1.29, 1.82) is 0 Å². The summed E-state index contributed by atoms with van der Waals surface area (Å²) < 4.78 is 30.1. The summed E-state index contributed by atoms with van der Waals surface area (Å²) >= 11 is 0. The van der Waals surface area contributed by atoms with Crippen LogP contribution in [0, 0.1) is 20.8 Å². The number of nitrogens with zero attached hydrogens (tertiary/aromatic N) is 3. The monoisotopic (exact) mass is 538 g/mol. The van der Waals surface area contributed by atoms with Crippen molar-refractivity contribution in [2.45, 2.75) is 51.1 Å². The lowest BCUT2D eigenvalue weighted by molar-refractivity contribution is -0.138. The summed E-state index contributed by atoms with van der Waals surface area (Å²) in [5.41, 5.74) is 3.10. The van der Waals surface area contributed by atoms with Gasteiger partial charge < -0.3 is 15.4 Å². The number of aliphatic carboxylic acids is 1. The summed E-state index contributed by atoms with van der Waals surface area (Å²) in [6.07, 6.45) is 6.78. The number of carboxylic acid groups (broad SMARTS) is 1. The number of imidazole rings is 1. The largest absolute Gasteiger partial charge is 0.480 e. The fraction of sp³-hybridized carbons (Fsp3) is 0.308. The molecule has 0 aliphatic rings. The number of carbonyl (C=O) groups excluding carboxylic acids is 1. The Hall–Kier alpha value is -4.03. The number of rotatable bonds is 11. The SMILES string of the molecule is Cc1cc(C)c(S(=O)(=O)NC(CNC(=O)c2ccc3c(cnn3CCCc3ncc[nH]3)c2)C(=O)O)c(C)c1. The molecule has 4 aromatic rings. The van der Waals surface area contributed by atoms with Gasteiger partial charge in [0.2, 0.25) is 10.0 Å². The van der Waals surface area contributed by atoms with Gasteiger partial charge in [-0.2, -0.15) is 9.82 Å². The number of carboxylic acids is 1. The van der Waals surface area contributed by atoms with E-state index in [0.29, 0.717) is 23.2 Å². The molecule has 1 atom stereocenters. The van der Waals surface area contributed by atoms with Gasteiger partial charge in [0.05, 0.1) is 16.6 Å². The standard InChI is InChI=1S/C26H30N6O5S/c1-16-11-17(2)24(18(3)12-16)38(36,37)31-21(26(34)35)15-29-25(33)19-6-7-22-20(13-19)14-30-32(22)10-4-5-23-27-8-9-28-23/h6-9,11-14,21,31H,4-5,10,15H2,1-3H3,(H,27,28)(H,29,33)(H,34,35). The second-order valence-electron chi connectivity index (χ2n) is 9.23. The van der Waals surface area contributed by atoms with Crippen molar-refractivity contribution in [3.05, 3.63) is 77.0 Å². The van der Waals surface area contributed by atoms with E-state index in [-0.39, 0.29) is 4.90 Å². The normalized spacial score (nSPS) is 12.5. The maximum Gasteiger partial charge on any atom is 0.323 e. The number of nitrogens with one attached hydrogen (secondary N) is 3. The first kappa shape index (κ1) is 27.0. The number of aryl methyl sites for hydroxylation is 5. The minimum Gasteiger partial charge on any atom is -0.480 e. The molecule has 4 N–H and O–H groups in total. The molecule has 38 heavy (non-hydrogen) atoms. The lowest BCUT2D eigenvalue weighted by Gasteiger charge is -2.18. The summed E-state index contributed by atoms with van der Waals surface area (Å²) in [4.78, 5) is 31.9. The van der Waals surface area contributed by atoms with Crippen LogP contribution < -0.4 is 10.0 Å². The number of benzene rings is 2. The Balaban J connectivity index is 1.41. The van der Waals surface area contributed by atoms with E-state index in [1.165, 1.54) is 0 Å². The summed E-state index contributed by atoms with van der Waals surface area (Å²) in [5, 5.41) is 17.3. The average Bonchev–Trinajstić information content (AvgIpc) is 3.50. The summed E-state index contributed by atoms with van der Waals surface area (Å²) in [7, 11) is -4.14. The van der Waals surface area contributed by atoms with Crippen molar-refractivity contribution in [2.75, 3.05) is 6.54 Å². The zero-order valence-electron chi connectivity index (χ0n) is 21.4. The predicted molar refractivity (Wildman–Crippen MR) is 141 cm³/mol. The van der Waals surface area contributed by atoms with Gasteiger partial charge in [-0.1, -0.05) is 17.7 Å². The molecule has 0 bridgehead atoms. The van der Waals surface area contributed by atoms with Gasteiger partial charge in [-0.15, -0.1) is 0 Å². The van der Waals surface area contributed by atoms with Gasteiger partial charge in [-0.3, -0.25) is 14.3 Å². The zero-order chi connectivity index (χ0) is 27.4. The van der Waals surface area contributed by atoms with Crippen LogP contribution in [0.5, 0.6) is 0 Å². The molecule has 2 heterocycles. The number of amides is 1. The van der Waals surface area contributed by atoms with Crippen molar-refractivity contribution >= 4 is 32.8 Å². The van der Waals surface area contributed by atoms with Crippen LogP contribution >= 0.6 is 0 Å². The Morgan fingerprint density at radius 2 is 1.87 bits per heavy atom. The van der Waals surface area contributed by atoms with Crippen LogP contribution in [0.1, 0.15) is 39.3 Å². The third-order valence-corrected chi connectivity index (χ3v) is 7.95. The van der Waals surface area contributed by atoms with E-state index in [1.807, 2.05) is 11.6 Å². The smallest absolute Gasteiger partial charge is 0.323 e. The second kappa shape index (κ2) is 11.2. The minimum absolute atomic E-state index is 0.0345. The molecule has 0 aliphatic heterocycles. The van der Waals surface area contributed by atoms with Crippen molar-refractivity contribution < 1.29 is 23.1 Å². The molecule has 0 saturated heterocycles. The van der Waals surface area contributed by atoms with Crippen LogP contribution in [0.4, 0.5) is 0 Å². The molecule has 200 valence electrons. The highest BCUT2D eigenvalue weighted by molar-refractivity contribution is 7.89. The summed E-state index contributed by atoms with van der Waals surface area (Å²) in [5.74, 6) is -1.01. The van der Waals surface area contributed by atoms with E-state index >= 15 is 0 Å². The third kappa shape index (κ3) is 6.09. The molecule has 0 spiro atoms. The second-order valence-corrected chi connectivity index (χ2v) is 10.9. The Kier molecular flexibility index (Phi) is 7.93. The Morgan fingerprint density at radius 1 is 1.13 bits per heavy atom. The number of aromatic amines is 1. The zero-order valence-corrected chi connectivity index (χ0v) is 22.2. The number of H-pyrrole nitrogens is 1. The molecule has 0 radical (unpaired) electrons. The van der Waals surface area contributed by atoms with Crippen molar-refractivity contribution in [2.24, 2.45) is 0 Å². The van der Waals surface area contributed by atoms with Crippen molar-refractivity contribution in [1.82, 2.24) is 29.8 Å². The number of aromatic nitrogens is 4. The van der Waals surface area contributed by atoms with Crippen molar-refractivity contribution in [3.63, 3.8) is 0 Å². The quantitative estimate of drug-likeness (QED) is 0.228. The van der Waals surface area contributed by atoms with E-state index in [9.17, 15) is 23.1 Å². The van der Waals surface area contributed by atoms with Crippen LogP contribution in [0.3, 0.4) is 0 Å². The lowest BCUT2D eigenvalue weighted by Crippen LogP contribution is -2.48. The van der Waals surface area contributed by atoms with Crippen LogP contribution in [-0.4, -0.2) is 57.7 Å². The Morgan fingerprint density at radius 3 is 2.53 bits per heavy atom.